The molecule has 1 heterocycles. The van der Waals surface area contributed by atoms with E-state index in [1.54, 1.807) is 23.1 Å². The second-order valence-corrected chi connectivity index (χ2v) is 6.02. The van der Waals surface area contributed by atoms with Gasteiger partial charge in [-0.25, -0.2) is 0 Å². The van der Waals surface area contributed by atoms with E-state index in [2.05, 4.69) is 5.32 Å². The molecule has 1 aromatic rings. The molecule has 6 nitrogen and oxygen atoms in total. The monoisotopic (exact) mass is 357 g/mol. The second kappa shape index (κ2) is 8.17. The van der Waals surface area contributed by atoms with E-state index in [0.29, 0.717) is 49.2 Å². The van der Waals surface area contributed by atoms with Crippen LogP contribution in [0.15, 0.2) is 18.2 Å². The van der Waals surface area contributed by atoms with Crippen molar-refractivity contribution in [3.63, 3.8) is 0 Å². The number of carbonyl (C=O) groups is 3. The smallest absolute Gasteiger partial charge is 0.312 e. The van der Waals surface area contributed by atoms with Crippen molar-refractivity contribution in [3.05, 3.63) is 33.8 Å². The van der Waals surface area contributed by atoms with Crippen LogP contribution >= 0.6 is 23.2 Å². The van der Waals surface area contributed by atoms with E-state index in [9.17, 15) is 14.4 Å². The van der Waals surface area contributed by atoms with Crippen molar-refractivity contribution in [2.75, 3.05) is 32.7 Å². The van der Waals surface area contributed by atoms with Crippen LogP contribution in [0.3, 0.4) is 0 Å². The molecule has 0 unspecified atom stereocenters. The Balaban J connectivity index is 1.78. The molecule has 1 fully saturated rings. The summed E-state index contributed by atoms with van der Waals surface area (Å²) in [4.78, 5) is 37.5. The van der Waals surface area contributed by atoms with Crippen LogP contribution in [0.2, 0.25) is 10.0 Å². The number of nitrogens with one attached hydrogen (secondary N) is 1. The molecule has 0 aromatic heterocycles. The molecular formula is C15H17Cl2N3O3. The maximum Gasteiger partial charge on any atom is 0.312 e. The Bertz CT molecular complexity index is 602. The van der Waals surface area contributed by atoms with Crippen LogP contribution in [0.1, 0.15) is 5.56 Å². The van der Waals surface area contributed by atoms with Gasteiger partial charge in [0.2, 0.25) is 6.41 Å². The lowest BCUT2D eigenvalue weighted by atomic mass is 10.1. The number of rotatable bonds is 4. The van der Waals surface area contributed by atoms with Gasteiger partial charge in [-0.15, -0.1) is 0 Å². The number of carbonyl (C=O) groups excluding carboxylic acids is 3. The van der Waals surface area contributed by atoms with E-state index in [0.717, 1.165) is 12.0 Å². The molecule has 23 heavy (non-hydrogen) atoms. The van der Waals surface area contributed by atoms with Crippen molar-refractivity contribution >= 4 is 41.4 Å². The van der Waals surface area contributed by atoms with Gasteiger partial charge in [0.1, 0.15) is 0 Å². The third-order valence-electron chi connectivity index (χ3n) is 3.64. The van der Waals surface area contributed by atoms with Gasteiger partial charge < -0.3 is 15.1 Å². The van der Waals surface area contributed by atoms with Gasteiger partial charge in [-0.3, -0.25) is 14.4 Å². The van der Waals surface area contributed by atoms with E-state index in [1.807, 2.05) is 0 Å². The first kappa shape index (κ1) is 17.6. The topological polar surface area (TPSA) is 69.7 Å². The van der Waals surface area contributed by atoms with Crippen molar-refractivity contribution < 1.29 is 14.4 Å². The van der Waals surface area contributed by atoms with Crippen LogP contribution in [0.4, 0.5) is 0 Å². The average Bonchev–Trinajstić information content (AvgIpc) is 2.56. The quantitative estimate of drug-likeness (QED) is 0.644. The van der Waals surface area contributed by atoms with Crippen LogP contribution in [-0.2, 0) is 20.8 Å². The minimum absolute atomic E-state index is 0.306. The summed E-state index contributed by atoms with van der Waals surface area (Å²) < 4.78 is 0. The maximum atomic E-state index is 12.0. The molecule has 0 radical (unpaired) electrons. The van der Waals surface area contributed by atoms with E-state index < -0.39 is 11.8 Å². The number of piperazine rings is 1. The summed E-state index contributed by atoms with van der Waals surface area (Å²) in [7, 11) is 0. The predicted molar refractivity (Wildman–Crippen MR) is 87.4 cm³/mol. The molecule has 0 bridgehead atoms. The highest BCUT2D eigenvalue weighted by Crippen LogP contribution is 2.21. The summed E-state index contributed by atoms with van der Waals surface area (Å²) in [6.07, 6.45) is 1.26. The zero-order valence-corrected chi connectivity index (χ0v) is 13.9. The van der Waals surface area contributed by atoms with E-state index in [4.69, 9.17) is 23.2 Å². The van der Waals surface area contributed by atoms with Gasteiger partial charge in [0.05, 0.1) is 0 Å². The molecule has 2 rings (SSSR count). The standard InChI is InChI=1S/C15H17Cl2N3O3/c16-12-2-1-11(13(17)9-12)3-4-18-14(22)15(23)20-7-5-19(10-21)6-8-20/h1-2,9-10H,3-8H2,(H,18,22). The Labute approximate surface area is 144 Å². The number of halogens is 2. The SMILES string of the molecule is O=CN1CCN(C(=O)C(=O)NCCc2ccc(Cl)cc2Cl)CC1. The number of hydrogen-bond acceptors (Lipinski definition) is 3. The highest BCUT2D eigenvalue weighted by Gasteiger charge is 2.25. The van der Waals surface area contributed by atoms with Gasteiger partial charge in [-0.05, 0) is 24.1 Å². The van der Waals surface area contributed by atoms with Crippen molar-refractivity contribution in [1.82, 2.24) is 15.1 Å². The van der Waals surface area contributed by atoms with Crippen LogP contribution in [0.25, 0.3) is 0 Å². The number of nitrogens with zero attached hydrogens (tertiary/aromatic N) is 2. The molecule has 1 aliphatic heterocycles. The Morgan fingerprint density at radius 2 is 1.87 bits per heavy atom. The summed E-state index contributed by atoms with van der Waals surface area (Å²) in [5, 5.41) is 3.67. The zero-order chi connectivity index (χ0) is 16.8. The first-order valence-electron chi connectivity index (χ1n) is 7.21. The first-order chi connectivity index (χ1) is 11.0. The summed E-state index contributed by atoms with van der Waals surface area (Å²) >= 11 is 11.9. The van der Waals surface area contributed by atoms with E-state index in [1.165, 1.54) is 4.90 Å². The van der Waals surface area contributed by atoms with Crippen molar-refractivity contribution in [2.45, 2.75) is 6.42 Å². The third kappa shape index (κ3) is 4.84. The average molecular weight is 358 g/mol. The number of benzene rings is 1. The maximum absolute atomic E-state index is 12.0. The molecule has 3 amide bonds. The van der Waals surface area contributed by atoms with Gasteiger partial charge >= 0.3 is 11.8 Å². The Kier molecular flexibility index (Phi) is 6.24. The summed E-state index contributed by atoms with van der Waals surface area (Å²) in [6.45, 7) is 1.94. The molecule has 1 N–H and O–H groups in total. The molecule has 124 valence electrons. The highest BCUT2D eigenvalue weighted by atomic mass is 35.5. The fourth-order valence-corrected chi connectivity index (χ4v) is 2.79. The van der Waals surface area contributed by atoms with Gasteiger partial charge in [0.25, 0.3) is 0 Å². The minimum Gasteiger partial charge on any atom is -0.347 e. The number of amides is 3. The van der Waals surface area contributed by atoms with Gasteiger partial charge in [0.15, 0.2) is 0 Å². The lowest BCUT2D eigenvalue weighted by Gasteiger charge is -2.31. The van der Waals surface area contributed by atoms with Crippen molar-refractivity contribution in [1.29, 1.82) is 0 Å². The van der Waals surface area contributed by atoms with E-state index in [-0.39, 0.29) is 0 Å². The predicted octanol–water partition coefficient (Wildman–Crippen LogP) is 0.953. The Morgan fingerprint density at radius 1 is 1.17 bits per heavy atom. The Hall–Kier alpha value is -1.79. The molecule has 0 atom stereocenters. The van der Waals surface area contributed by atoms with Gasteiger partial charge in [0, 0.05) is 42.8 Å². The molecule has 8 heteroatoms. The van der Waals surface area contributed by atoms with Crippen molar-refractivity contribution in [3.8, 4) is 0 Å². The third-order valence-corrected chi connectivity index (χ3v) is 4.23. The van der Waals surface area contributed by atoms with Gasteiger partial charge in [-0.2, -0.15) is 0 Å². The minimum atomic E-state index is -0.644. The highest BCUT2D eigenvalue weighted by molar-refractivity contribution is 6.35. The summed E-state index contributed by atoms with van der Waals surface area (Å²) in [5.74, 6) is -1.22. The molecule has 1 saturated heterocycles. The largest absolute Gasteiger partial charge is 0.347 e. The Morgan fingerprint density at radius 3 is 2.48 bits per heavy atom. The fraction of sp³-hybridized carbons (Fsp3) is 0.400. The normalized spacial score (nSPS) is 14.5. The molecule has 1 aromatic carbocycles. The molecule has 0 saturated carbocycles. The second-order valence-electron chi connectivity index (χ2n) is 5.18. The molecular weight excluding hydrogens is 341 g/mol. The fourth-order valence-electron chi connectivity index (χ4n) is 2.28. The van der Waals surface area contributed by atoms with Crippen LogP contribution in [0.5, 0.6) is 0 Å². The van der Waals surface area contributed by atoms with Crippen LogP contribution < -0.4 is 5.32 Å². The summed E-state index contributed by atoms with van der Waals surface area (Å²) in [6, 6.07) is 5.15. The molecule has 0 aliphatic carbocycles. The van der Waals surface area contributed by atoms with Crippen LogP contribution in [0, 0.1) is 0 Å². The molecule has 1 aliphatic rings. The van der Waals surface area contributed by atoms with Crippen molar-refractivity contribution in [2.24, 2.45) is 0 Å². The lowest BCUT2D eigenvalue weighted by Crippen LogP contribution is -2.52. The lowest BCUT2D eigenvalue weighted by molar-refractivity contribution is -0.147. The van der Waals surface area contributed by atoms with E-state index >= 15 is 0 Å². The first-order valence-corrected chi connectivity index (χ1v) is 7.97. The van der Waals surface area contributed by atoms with Gasteiger partial charge in [-0.1, -0.05) is 29.3 Å². The summed E-state index contributed by atoms with van der Waals surface area (Å²) in [5.41, 5.74) is 0.850. The van der Waals surface area contributed by atoms with Crippen LogP contribution in [-0.4, -0.2) is 60.7 Å². The molecule has 0 spiro atoms. The zero-order valence-electron chi connectivity index (χ0n) is 12.4. The number of hydrogen-bond donors (Lipinski definition) is 1.